The average Bonchev–Trinajstić information content (AvgIpc) is 1.82. The van der Waals surface area contributed by atoms with E-state index in [-0.39, 0.29) is 0 Å². The number of aryl methyl sites for hydroxylation is 2. The van der Waals surface area contributed by atoms with E-state index in [1.54, 1.807) is 0 Å². The van der Waals surface area contributed by atoms with E-state index in [4.69, 9.17) is 0 Å². The predicted molar refractivity (Wildman–Crippen MR) is 59.1 cm³/mol. The van der Waals surface area contributed by atoms with Gasteiger partial charge >= 0.3 is 0 Å². The number of hydrogen-bond donors (Lipinski definition) is 0. The number of aromatic nitrogens is 1. The lowest BCUT2D eigenvalue weighted by Crippen LogP contribution is -1.92. The molecule has 0 atom stereocenters. The Morgan fingerprint density at radius 3 is 2.40 bits per heavy atom. The van der Waals surface area contributed by atoms with Crippen LogP contribution in [0.3, 0.4) is 0 Å². The summed E-state index contributed by atoms with van der Waals surface area (Å²) in [4.78, 5) is 4.31. The highest BCUT2D eigenvalue weighted by molar-refractivity contribution is 14.1. The molecule has 1 aromatic rings. The molecule has 0 aliphatic rings. The molecule has 3 heteroatoms. The Morgan fingerprint density at radius 1 is 1.30 bits per heavy atom. The second-order valence-corrected chi connectivity index (χ2v) is 4.29. The fourth-order valence-electron chi connectivity index (χ4n) is 0.776. The molecular weight excluding hydrogens is 352 g/mol. The topological polar surface area (TPSA) is 12.9 Å². The van der Waals surface area contributed by atoms with Crippen LogP contribution in [0.15, 0.2) is 6.07 Å². The van der Waals surface area contributed by atoms with Gasteiger partial charge in [-0.05, 0) is 70.7 Å². The Bertz CT molecular complexity index is 235. The summed E-state index contributed by atoms with van der Waals surface area (Å²) in [6.45, 7) is 4.13. The van der Waals surface area contributed by atoms with Crippen LogP contribution in [0.25, 0.3) is 0 Å². The molecule has 0 radical (unpaired) electrons. The Kier molecular flexibility index (Phi) is 2.91. The van der Waals surface area contributed by atoms with Crippen LogP contribution in [0.2, 0.25) is 0 Å². The molecule has 0 unspecified atom stereocenters. The molecular formula is C7H7I2N. The average molecular weight is 359 g/mol. The molecule has 0 saturated carbocycles. The van der Waals surface area contributed by atoms with Crippen molar-refractivity contribution in [2.24, 2.45) is 0 Å². The van der Waals surface area contributed by atoms with Gasteiger partial charge in [0, 0.05) is 9.26 Å². The highest BCUT2D eigenvalue weighted by Crippen LogP contribution is 2.17. The van der Waals surface area contributed by atoms with Crippen molar-refractivity contribution in [2.45, 2.75) is 13.8 Å². The van der Waals surface area contributed by atoms with Crippen molar-refractivity contribution in [3.63, 3.8) is 0 Å². The van der Waals surface area contributed by atoms with E-state index < -0.39 is 0 Å². The fraction of sp³-hybridized carbons (Fsp3) is 0.286. The summed E-state index contributed by atoms with van der Waals surface area (Å²) in [6.07, 6.45) is 0. The predicted octanol–water partition coefficient (Wildman–Crippen LogP) is 2.91. The van der Waals surface area contributed by atoms with E-state index >= 15 is 0 Å². The zero-order chi connectivity index (χ0) is 7.72. The molecule has 0 bridgehead atoms. The van der Waals surface area contributed by atoms with E-state index in [9.17, 15) is 0 Å². The number of halogens is 2. The molecule has 1 heterocycles. The van der Waals surface area contributed by atoms with Crippen LogP contribution >= 0.6 is 45.2 Å². The minimum absolute atomic E-state index is 1.10. The van der Waals surface area contributed by atoms with Crippen molar-refractivity contribution in [3.05, 3.63) is 24.6 Å². The van der Waals surface area contributed by atoms with Gasteiger partial charge in [0.25, 0.3) is 0 Å². The Morgan fingerprint density at radius 2 is 1.90 bits per heavy atom. The molecule has 0 aromatic carbocycles. The summed E-state index contributed by atoms with van der Waals surface area (Å²) in [5, 5.41) is 0. The van der Waals surface area contributed by atoms with Gasteiger partial charge in [-0.15, -0.1) is 0 Å². The van der Waals surface area contributed by atoms with Gasteiger partial charge in [0.15, 0.2) is 0 Å². The summed E-state index contributed by atoms with van der Waals surface area (Å²) in [6, 6.07) is 2.10. The molecule has 54 valence electrons. The van der Waals surface area contributed by atoms with Gasteiger partial charge in [-0.3, -0.25) is 0 Å². The van der Waals surface area contributed by atoms with E-state index in [1.165, 1.54) is 9.13 Å². The van der Waals surface area contributed by atoms with E-state index in [1.807, 2.05) is 6.92 Å². The molecule has 0 saturated heterocycles. The Balaban J connectivity index is 3.31. The highest BCUT2D eigenvalue weighted by Gasteiger charge is 2.00. The Hall–Kier alpha value is 0.610. The van der Waals surface area contributed by atoms with Gasteiger partial charge in [-0.2, -0.15) is 0 Å². The van der Waals surface area contributed by atoms with Crippen LogP contribution in [0, 0.1) is 21.1 Å². The van der Waals surface area contributed by atoms with Gasteiger partial charge in [0.1, 0.15) is 3.70 Å². The van der Waals surface area contributed by atoms with Crippen LogP contribution in [0.1, 0.15) is 11.3 Å². The highest BCUT2D eigenvalue weighted by atomic mass is 127. The summed E-state index contributed by atoms with van der Waals surface area (Å²) in [5.41, 5.74) is 2.42. The SMILES string of the molecule is Cc1cc(C)c(I)c(I)n1. The first-order valence-electron chi connectivity index (χ1n) is 2.90. The quantitative estimate of drug-likeness (QED) is 0.513. The summed E-state index contributed by atoms with van der Waals surface area (Å²) in [5.74, 6) is 0. The zero-order valence-corrected chi connectivity index (χ0v) is 10.1. The van der Waals surface area contributed by atoms with Gasteiger partial charge in [0.2, 0.25) is 0 Å². The minimum Gasteiger partial charge on any atom is -0.246 e. The van der Waals surface area contributed by atoms with Crippen molar-refractivity contribution in [2.75, 3.05) is 0 Å². The molecule has 1 nitrogen and oxygen atoms in total. The second-order valence-electron chi connectivity index (χ2n) is 2.19. The molecule has 0 amide bonds. The van der Waals surface area contributed by atoms with Crippen molar-refractivity contribution in [3.8, 4) is 0 Å². The van der Waals surface area contributed by atoms with Gasteiger partial charge in [0.05, 0.1) is 0 Å². The zero-order valence-electron chi connectivity index (χ0n) is 5.78. The van der Waals surface area contributed by atoms with Crippen molar-refractivity contribution < 1.29 is 0 Å². The van der Waals surface area contributed by atoms with Gasteiger partial charge in [-0.25, -0.2) is 4.98 Å². The number of hydrogen-bond acceptors (Lipinski definition) is 1. The molecule has 0 spiro atoms. The lowest BCUT2D eigenvalue weighted by molar-refractivity contribution is 1.12. The minimum atomic E-state index is 1.10. The molecule has 0 N–H and O–H groups in total. The normalized spacial score (nSPS) is 10.0. The van der Waals surface area contributed by atoms with Crippen molar-refractivity contribution >= 4 is 45.2 Å². The summed E-state index contributed by atoms with van der Waals surface area (Å²) < 4.78 is 2.37. The lowest BCUT2D eigenvalue weighted by Gasteiger charge is -2.00. The molecule has 0 aliphatic heterocycles. The third-order valence-electron chi connectivity index (χ3n) is 1.23. The monoisotopic (exact) mass is 359 g/mol. The smallest absolute Gasteiger partial charge is 0.115 e. The molecule has 0 fully saturated rings. The summed E-state index contributed by atoms with van der Waals surface area (Å²) >= 11 is 4.57. The van der Waals surface area contributed by atoms with Gasteiger partial charge < -0.3 is 0 Å². The standard InChI is InChI=1S/C7H7I2N/c1-4-3-5(2)10-7(9)6(4)8/h3H,1-2H3. The largest absolute Gasteiger partial charge is 0.246 e. The maximum Gasteiger partial charge on any atom is 0.115 e. The first-order chi connectivity index (χ1) is 4.61. The van der Waals surface area contributed by atoms with Crippen LogP contribution in [0.5, 0.6) is 0 Å². The molecule has 1 aromatic heterocycles. The van der Waals surface area contributed by atoms with Crippen LogP contribution in [-0.2, 0) is 0 Å². The van der Waals surface area contributed by atoms with E-state index in [2.05, 4.69) is 63.2 Å². The first-order valence-corrected chi connectivity index (χ1v) is 5.06. The third kappa shape index (κ3) is 1.81. The van der Waals surface area contributed by atoms with E-state index in [0.29, 0.717) is 0 Å². The third-order valence-corrected chi connectivity index (χ3v) is 4.40. The maximum atomic E-state index is 4.31. The van der Waals surface area contributed by atoms with Crippen LogP contribution in [-0.4, -0.2) is 4.98 Å². The van der Waals surface area contributed by atoms with Crippen molar-refractivity contribution in [1.29, 1.82) is 0 Å². The fourth-order valence-corrected chi connectivity index (χ4v) is 1.86. The second kappa shape index (κ2) is 3.34. The maximum absolute atomic E-state index is 4.31. The molecule has 10 heavy (non-hydrogen) atoms. The van der Waals surface area contributed by atoms with Crippen molar-refractivity contribution in [1.82, 2.24) is 4.98 Å². The lowest BCUT2D eigenvalue weighted by atomic mass is 10.3. The number of nitrogens with zero attached hydrogens (tertiary/aromatic N) is 1. The van der Waals surface area contributed by atoms with E-state index in [0.717, 1.165) is 9.39 Å². The van der Waals surface area contributed by atoms with Crippen LogP contribution in [0.4, 0.5) is 0 Å². The summed E-state index contributed by atoms with van der Waals surface area (Å²) in [7, 11) is 0. The van der Waals surface area contributed by atoms with Crippen LogP contribution < -0.4 is 0 Å². The first kappa shape index (κ1) is 8.70. The Labute approximate surface area is 87.9 Å². The number of rotatable bonds is 0. The van der Waals surface area contributed by atoms with Gasteiger partial charge in [-0.1, -0.05) is 0 Å². The molecule has 1 rings (SSSR count). The number of pyridine rings is 1. The molecule has 0 aliphatic carbocycles.